The Labute approximate surface area is 98.7 Å². The summed E-state index contributed by atoms with van der Waals surface area (Å²) in [7, 11) is 0. The normalized spacial score (nSPS) is 26.8. The Kier molecular flexibility index (Phi) is 4.17. The highest BCUT2D eigenvalue weighted by atomic mass is 16.4. The second kappa shape index (κ2) is 5.03. The molecule has 0 spiro atoms. The lowest BCUT2D eigenvalue weighted by atomic mass is 9.67. The van der Waals surface area contributed by atoms with E-state index < -0.39 is 5.97 Å². The molecule has 0 aromatic rings. The van der Waals surface area contributed by atoms with E-state index in [0.29, 0.717) is 17.3 Å². The van der Waals surface area contributed by atoms with E-state index in [1.54, 1.807) is 0 Å². The van der Waals surface area contributed by atoms with Gasteiger partial charge in [-0.3, -0.25) is 4.79 Å². The Morgan fingerprint density at radius 3 is 2.62 bits per heavy atom. The van der Waals surface area contributed by atoms with E-state index in [-0.39, 0.29) is 6.42 Å². The quantitative estimate of drug-likeness (QED) is 0.739. The van der Waals surface area contributed by atoms with Crippen molar-refractivity contribution in [3.8, 4) is 0 Å². The zero-order valence-electron chi connectivity index (χ0n) is 10.8. The summed E-state index contributed by atoms with van der Waals surface area (Å²) in [6.45, 7) is 10.9. The molecule has 1 fully saturated rings. The Hall–Kier alpha value is -0.790. The maximum Gasteiger partial charge on any atom is 0.303 e. The summed E-state index contributed by atoms with van der Waals surface area (Å²) in [5.74, 6) is 0.441. The smallest absolute Gasteiger partial charge is 0.303 e. The van der Waals surface area contributed by atoms with Crippen molar-refractivity contribution in [3.05, 3.63) is 12.2 Å². The van der Waals surface area contributed by atoms with Crippen LogP contribution in [0, 0.1) is 17.3 Å². The molecule has 2 atom stereocenters. The molecule has 0 aromatic heterocycles. The number of aliphatic carboxylic acids is 1. The van der Waals surface area contributed by atoms with Crippen LogP contribution >= 0.6 is 0 Å². The van der Waals surface area contributed by atoms with Crippen LogP contribution in [0.2, 0.25) is 0 Å². The van der Waals surface area contributed by atoms with E-state index in [1.165, 1.54) is 12.0 Å². The van der Waals surface area contributed by atoms with Crippen LogP contribution in [-0.4, -0.2) is 11.1 Å². The summed E-state index contributed by atoms with van der Waals surface area (Å²) in [6.07, 6.45) is 4.45. The first-order valence-corrected chi connectivity index (χ1v) is 6.20. The largest absolute Gasteiger partial charge is 0.481 e. The molecule has 1 rings (SSSR count). The molecule has 0 aromatic carbocycles. The van der Waals surface area contributed by atoms with E-state index in [1.807, 2.05) is 0 Å². The summed E-state index contributed by atoms with van der Waals surface area (Å²) in [6, 6.07) is 0. The molecule has 0 saturated heterocycles. The fraction of sp³-hybridized carbons (Fsp3) is 0.786. The number of hydrogen-bond acceptors (Lipinski definition) is 1. The van der Waals surface area contributed by atoms with Crippen molar-refractivity contribution in [1.82, 2.24) is 0 Å². The Bertz CT molecular complexity index is 273. The van der Waals surface area contributed by atoms with Gasteiger partial charge in [-0.15, -0.1) is 0 Å². The summed E-state index contributed by atoms with van der Waals surface area (Å²) < 4.78 is 0. The number of carboxylic acids is 1. The first kappa shape index (κ1) is 13.3. The van der Waals surface area contributed by atoms with E-state index >= 15 is 0 Å². The van der Waals surface area contributed by atoms with Crippen molar-refractivity contribution in [2.75, 3.05) is 0 Å². The summed E-state index contributed by atoms with van der Waals surface area (Å²) >= 11 is 0. The van der Waals surface area contributed by atoms with Crippen LogP contribution < -0.4 is 0 Å². The minimum Gasteiger partial charge on any atom is -0.481 e. The molecule has 1 N–H and O–H groups in total. The van der Waals surface area contributed by atoms with Crippen molar-refractivity contribution in [2.45, 2.75) is 52.9 Å². The predicted octanol–water partition coefficient (Wildman–Crippen LogP) is 3.87. The third kappa shape index (κ3) is 3.66. The Morgan fingerprint density at radius 1 is 1.50 bits per heavy atom. The number of hydrogen-bond donors (Lipinski definition) is 1. The van der Waals surface area contributed by atoms with Crippen molar-refractivity contribution < 1.29 is 9.90 Å². The maximum absolute atomic E-state index is 10.6. The molecule has 1 aliphatic rings. The molecular formula is C14H24O2. The van der Waals surface area contributed by atoms with E-state index in [4.69, 9.17) is 5.11 Å². The molecule has 0 amide bonds. The maximum atomic E-state index is 10.6. The SMILES string of the molecule is C=C1CC[C@@H](C(C)(C)C)C[C@H]1CCC(=O)O. The number of allylic oxidation sites excluding steroid dienone is 1. The Balaban J connectivity index is 2.55. The first-order valence-electron chi connectivity index (χ1n) is 6.20. The van der Waals surface area contributed by atoms with Crippen LogP contribution in [0.4, 0.5) is 0 Å². The minimum absolute atomic E-state index is 0.278. The molecule has 0 bridgehead atoms. The van der Waals surface area contributed by atoms with Gasteiger partial charge in [-0.25, -0.2) is 0 Å². The standard InChI is InChI=1S/C14H24O2/c1-10-5-7-12(14(2,3)4)9-11(10)6-8-13(15)16/h11-12H,1,5-9H2,2-4H3,(H,15,16)/t11-,12-/m1/s1. The molecule has 1 aliphatic carbocycles. The van der Waals surface area contributed by atoms with Crippen LogP contribution in [0.5, 0.6) is 0 Å². The fourth-order valence-corrected chi connectivity index (χ4v) is 2.60. The van der Waals surface area contributed by atoms with Crippen LogP contribution in [0.25, 0.3) is 0 Å². The van der Waals surface area contributed by atoms with Crippen LogP contribution in [0.15, 0.2) is 12.2 Å². The van der Waals surface area contributed by atoms with Gasteiger partial charge in [-0.05, 0) is 42.9 Å². The van der Waals surface area contributed by atoms with Gasteiger partial charge in [0, 0.05) is 6.42 Å². The first-order chi connectivity index (χ1) is 7.30. The highest BCUT2D eigenvalue weighted by Gasteiger charge is 2.32. The number of carbonyl (C=O) groups is 1. The summed E-state index contributed by atoms with van der Waals surface area (Å²) in [4.78, 5) is 10.6. The van der Waals surface area contributed by atoms with Gasteiger partial charge >= 0.3 is 5.97 Å². The van der Waals surface area contributed by atoms with Gasteiger partial charge in [-0.1, -0.05) is 32.9 Å². The number of carboxylic acid groups (broad SMARTS) is 1. The third-order valence-corrected chi connectivity index (χ3v) is 3.89. The van der Waals surface area contributed by atoms with Gasteiger partial charge in [0.25, 0.3) is 0 Å². The van der Waals surface area contributed by atoms with Gasteiger partial charge in [0.2, 0.25) is 0 Å². The lowest BCUT2D eigenvalue weighted by Gasteiger charge is -2.38. The van der Waals surface area contributed by atoms with Crippen molar-refractivity contribution in [2.24, 2.45) is 17.3 Å². The molecular weight excluding hydrogens is 200 g/mol. The van der Waals surface area contributed by atoms with Gasteiger partial charge in [-0.2, -0.15) is 0 Å². The highest BCUT2D eigenvalue weighted by molar-refractivity contribution is 5.66. The average Bonchev–Trinajstić information content (AvgIpc) is 2.14. The van der Waals surface area contributed by atoms with Crippen molar-refractivity contribution >= 4 is 5.97 Å². The van der Waals surface area contributed by atoms with Gasteiger partial charge in [0.1, 0.15) is 0 Å². The third-order valence-electron chi connectivity index (χ3n) is 3.89. The van der Waals surface area contributed by atoms with E-state index in [2.05, 4.69) is 27.4 Å². The summed E-state index contributed by atoms with van der Waals surface area (Å²) in [5, 5.41) is 8.73. The predicted molar refractivity (Wildman–Crippen MR) is 66.3 cm³/mol. The lowest BCUT2D eigenvalue weighted by molar-refractivity contribution is -0.137. The fourth-order valence-electron chi connectivity index (χ4n) is 2.60. The molecule has 0 heterocycles. The van der Waals surface area contributed by atoms with Crippen molar-refractivity contribution in [1.29, 1.82) is 0 Å². The Morgan fingerprint density at radius 2 is 2.12 bits per heavy atom. The second-order valence-corrected chi connectivity index (χ2v) is 6.12. The van der Waals surface area contributed by atoms with Crippen LogP contribution in [0.1, 0.15) is 52.9 Å². The molecule has 0 unspecified atom stereocenters. The molecule has 0 aliphatic heterocycles. The zero-order chi connectivity index (χ0) is 12.3. The lowest BCUT2D eigenvalue weighted by Crippen LogP contribution is -2.28. The van der Waals surface area contributed by atoms with Crippen LogP contribution in [-0.2, 0) is 4.79 Å². The zero-order valence-corrected chi connectivity index (χ0v) is 10.8. The van der Waals surface area contributed by atoms with Crippen molar-refractivity contribution in [3.63, 3.8) is 0 Å². The molecule has 16 heavy (non-hydrogen) atoms. The average molecular weight is 224 g/mol. The molecule has 2 heteroatoms. The van der Waals surface area contributed by atoms with Gasteiger partial charge in [0.15, 0.2) is 0 Å². The topological polar surface area (TPSA) is 37.3 Å². The molecule has 92 valence electrons. The van der Waals surface area contributed by atoms with Gasteiger partial charge < -0.3 is 5.11 Å². The summed E-state index contributed by atoms with van der Waals surface area (Å²) in [5.41, 5.74) is 1.60. The number of rotatable bonds is 3. The van der Waals surface area contributed by atoms with Gasteiger partial charge in [0.05, 0.1) is 0 Å². The van der Waals surface area contributed by atoms with E-state index in [9.17, 15) is 4.79 Å². The molecule has 0 radical (unpaired) electrons. The monoisotopic (exact) mass is 224 g/mol. The highest BCUT2D eigenvalue weighted by Crippen LogP contribution is 2.43. The van der Waals surface area contributed by atoms with E-state index in [0.717, 1.165) is 19.3 Å². The van der Waals surface area contributed by atoms with Crippen LogP contribution in [0.3, 0.4) is 0 Å². The molecule has 2 nitrogen and oxygen atoms in total. The molecule has 1 saturated carbocycles. The minimum atomic E-state index is -0.689. The second-order valence-electron chi connectivity index (χ2n) is 6.12.